The van der Waals surface area contributed by atoms with Crippen molar-refractivity contribution >= 4 is 11.5 Å². The minimum Gasteiger partial charge on any atom is -0.271 e. The summed E-state index contributed by atoms with van der Waals surface area (Å²) in [6.45, 7) is 8.62. The maximum atomic E-state index is 5.81. The summed E-state index contributed by atoms with van der Waals surface area (Å²) in [5.41, 5.74) is 6.38. The van der Waals surface area contributed by atoms with E-state index in [4.69, 9.17) is 5.84 Å². The van der Waals surface area contributed by atoms with Gasteiger partial charge in [0.1, 0.15) is 0 Å². The second-order valence-electron chi connectivity index (χ2n) is 6.33. The molecule has 0 aliphatic heterocycles. The van der Waals surface area contributed by atoms with Crippen LogP contribution in [0.15, 0.2) is 24.3 Å². The molecule has 3 N–H and O–H groups in total. The Hall–Kier alpha value is -1.30. The SMILES string of the molecule is CCCc1ccc(C(NN)c2snnc2C(C)(C)C)cc1. The fourth-order valence-corrected chi connectivity index (χ4v) is 3.35. The zero-order chi connectivity index (χ0) is 15.5. The van der Waals surface area contributed by atoms with E-state index in [2.05, 4.69) is 67.0 Å². The van der Waals surface area contributed by atoms with E-state index < -0.39 is 0 Å². The number of hydrogen-bond acceptors (Lipinski definition) is 5. The molecule has 2 rings (SSSR count). The smallest absolute Gasteiger partial charge is 0.0861 e. The number of nitrogens with zero attached hydrogens (tertiary/aromatic N) is 2. The number of hydrogen-bond donors (Lipinski definition) is 2. The lowest BCUT2D eigenvalue weighted by Crippen LogP contribution is -2.30. The molecule has 21 heavy (non-hydrogen) atoms. The average Bonchev–Trinajstić information content (AvgIpc) is 2.91. The van der Waals surface area contributed by atoms with Crippen LogP contribution < -0.4 is 11.3 Å². The number of rotatable bonds is 5. The van der Waals surface area contributed by atoms with Crippen LogP contribution in [0, 0.1) is 0 Å². The summed E-state index contributed by atoms with van der Waals surface area (Å²) >= 11 is 1.41. The molecule has 0 spiro atoms. The van der Waals surface area contributed by atoms with Crippen LogP contribution in [-0.2, 0) is 11.8 Å². The molecule has 114 valence electrons. The van der Waals surface area contributed by atoms with Crippen LogP contribution in [0.2, 0.25) is 0 Å². The van der Waals surface area contributed by atoms with Gasteiger partial charge >= 0.3 is 0 Å². The number of benzene rings is 1. The van der Waals surface area contributed by atoms with Crippen LogP contribution in [0.4, 0.5) is 0 Å². The van der Waals surface area contributed by atoms with E-state index in [-0.39, 0.29) is 11.5 Å². The summed E-state index contributed by atoms with van der Waals surface area (Å²) in [7, 11) is 0. The highest BCUT2D eigenvalue weighted by Crippen LogP contribution is 2.33. The van der Waals surface area contributed by atoms with Gasteiger partial charge in [0.2, 0.25) is 0 Å². The van der Waals surface area contributed by atoms with Gasteiger partial charge in [-0.3, -0.25) is 5.84 Å². The second kappa shape index (κ2) is 6.64. The van der Waals surface area contributed by atoms with E-state index in [1.54, 1.807) is 0 Å². The van der Waals surface area contributed by atoms with Crippen molar-refractivity contribution in [2.75, 3.05) is 0 Å². The van der Waals surface area contributed by atoms with Gasteiger partial charge in [0.15, 0.2) is 0 Å². The molecule has 0 fully saturated rings. The van der Waals surface area contributed by atoms with Crippen molar-refractivity contribution in [3.63, 3.8) is 0 Å². The molecule has 1 aromatic carbocycles. The van der Waals surface area contributed by atoms with Crippen LogP contribution in [-0.4, -0.2) is 9.59 Å². The first-order chi connectivity index (χ1) is 9.97. The van der Waals surface area contributed by atoms with Crippen molar-refractivity contribution in [1.82, 2.24) is 15.0 Å². The molecule has 0 aliphatic carbocycles. The molecule has 0 radical (unpaired) electrons. The molecular formula is C16H24N4S. The molecule has 1 unspecified atom stereocenters. The Morgan fingerprint density at radius 2 is 1.90 bits per heavy atom. The summed E-state index contributed by atoms with van der Waals surface area (Å²) in [5.74, 6) is 5.81. The molecule has 1 heterocycles. The summed E-state index contributed by atoms with van der Waals surface area (Å²) in [5, 5.41) is 4.30. The van der Waals surface area contributed by atoms with Gasteiger partial charge in [-0.05, 0) is 29.1 Å². The highest BCUT2D eigenvalue weighted by Gasteiger charge is 2.27. The lowest BCUT2D eigenvalue weighted by molar-refractivity contribution is 0.543. The highest BCUT2D eigenvalue weighted by molar-refractivity contribution is 7.05. The van der Waals surface area contributed by atoms with Crippen molar-refractivity contribution in [3.8, 4) is 0 Å². The van der Waals surface area contributed by atoms with Gasteiger partial charge in [-0.1, -0.05) is 62.9 Å². The van der Waals surface area contributed by atoms with Gasteiger partial charge < -0.3 is 0 Å². The Morgan fingerprint density at radius 3 is 2.43 bits per heavy atom. The van der Waals surface area contributed by atoms with Gasteiger partial charge in [-0.25, -0.2) is 5.43 Å². The molecule has 1 atom stereocenters. The number of nitrogens with two attached hydrogens (primary N) is 1. The number of hydrazine groups is 1. The third-order valence-electron chi connectivity index (χ3n) is 3.50. The van der Waals surface area contributed by atoms with Gasteiger partial charge in [0.05, 0.1) is 16.6 Å². The van der Waals surface area contributed by atoms with Crippen molar-refractivity contribution in [3.05, 3.63) is 46.0 Å². The normalized spacial score (nSPS) is 13.4. The standard InChI is InChI=1S/C16H24N4S/c1-5-6-11-7-9-12(10-8-11)13(18-17)14-15(16(2,3)4)19-20-21-14/h7-10,13,18H,5-6,17H2,1-4H3. The Morgan fingerprint density at radius 1 is 1.24 bits per heavy atom. The maximum Gasteiger partial charge on any atom is 0.0861 e. The third kappa shape index (κ3) is 3.67. The fourth-order valence-electron chi connectivity index (χ4n) is 2.40. The van der Waals surface area contributed by atoms with Gasteiger partial charge in [0.25, 0.3) is 0 Å². The molecule has 0 saturated carbocycles. The Balaban J connectivity index is 2.34. The Kier molecular flexibility index (Phi) is 5.08. The molecule has 1 aromatic heterocycles. The average molecular weight is 304 g/mol. The van der Waals surface area contributed by atoms with Gasteiger partial charge in [-0.2, -0.15) is 0 Å². The molecule has 0 amide bonds. The van der Waals surface area contributed by atoms with Crippen LogP contribution in [0.1, 0.15) is 61.9 Å². The van der Waals surface area contributed by atoms with E-state index >= 15 is 0 Å². The topological polar surface area (TPSA) is 63.8 Å². The predicted octanol–water partition coefficient (Wildman–Crippen LogP) is 3.34. The molecular weight excluding hydrogens is 280 g/mol. The molecule has 0 bridgehead atoms. The third-order valence-corrected chi connectivity index (χ3v) is 4.29. The quantitative estimate of drug-likeness (QED) is 0.657. The van der Waals surface area contributed by atoms with Crippen molar-refractivity contribution in [2.45, 2.75) is 52.0 Å². The van der Waals surface area contributed by atoms with Crippen molar-refractivity contribution < 1.29 is 0 Å². The van der Waals surface area contributed by atoms with E-state index in [1.165, 1.54) is 17.1 Å². The largest absolute Gasteiger partial charge is 0.271 e. The first-order valence-electron chi connectivity index (χ1n) is 7.35. The van der Waals surface area contributed by atoms with E-state index in [1.807, 2.05) is 0 Å². The van der Waals surface area contributed by atoms with Crippen LogP contribution in [0.25, 0.3) is 0 Å². The molecule has 0 saturated heterocycles. The molecule has 5 heteroatoms. The van der Waals surface area contributed by atoms with Crippen LogP contribution in [0.5, 0.6) is 0 Å². The molecule has 0 aliphatic rings. The van der Waals surface area contributed by atoms with Gasteiger partial charge in [0, 0.05) is 5.41 Å². The monoisotopic (exact) mass is 304 g/mol. The molecule has 2 aromatic rings. The summed E-state index contributed by atoms with van der Waals surface area (Å²) < 4.78 is 4.13. The van der Waals surface area contributed by atoms with Crippen molar-refractivity contribution in [2.24, 2.45) is 5.84 Å². The zero-order valence-electron chi connectivity index (χ0n) is 13.2. The Labute approximate surface area is 130 Å². The highest BCUT2D eigenvalue weighted by atomic mass is 32.1. The minimum atomic E-state index is -0.0603. The van der Waals surface area contributed by atoms with E-state index in [9.17, 15) is 0 Å². The maximum absolute atomic E-state index is 5.81. The van der Waals surface area contributed by atoms with E-state index in [0.717, 1.165) is 29.0 Å². The van der Waals surface area contributed by atoms with Gasteiger partial charge in [-0.15, -0.1) is 5.10 Å². The number of aryl methyl sites for hydroxylation is 1. The first kappa shape index (κ1) is 16.1. The zero-order valence-corrected chi connectivity index (χ0v) is 14.0. The molecule has 4 nitrogen and oxygen atoms in total. The first-order valence-corrected chi connectivity index (χ1v) is 8.12. The predicted molar refractivity (Wildman–Crippen MR) is 88.2 cm³/mol. The van der Waals surface area contributed by atoms with Crippen LogP contribution in [0.3, 0.4) is 0 Å². The minimum absolute atomic E-state index is 0.0421. The van der Waals surface area contributed by atoms with E-state index in [0.29, 0.717) is 0 Å². The van der Waals surface area contributed by atoms with Crippen molar-refractivity contribution in [1.29, 1.82) is 0 Å². The fraction of sp³-hybridized carbons (Fsp3) is 0.500. The van der Waals surface area contributed by atoms with Crippen LogP contribution >= 0.6 is 11.5 Å². The Bertz CT molecular complexity index is 569. The summed E-state index contributed by atoms with van der Waals surface area (Å²) in [4.78, 5) is 1.09. The summed E-state index contributed by atoms with van der Waals surface area (Å²) in [6, 6.07) is 8.57. The number of nitrogens with one attached hydrogen (secondary N) is 1. The lowest BCUT2D eigenvalue weighted by Gasteiger charge is -2.21. The number of aromatic nitrogens is 2. The second-order valence-corrected chi connectivity index (χ2v) is 7.11. The summed E-state index contributed by atoms with van der Waals surface area (Å²) in [6.07, 6.45) is 2.27. The lowest BCUT2D eigenvalue weighted by atomic mass is 9.89.